The van der Waals surface area contributed by atoms with Gasteiger partial charge in [0.1, 0.15) is 5.75 Å². The Hall–Kier alpha value is -2.08. The van der Waals surface area contributed by atoms with Crippen molar-refractivity contribution in [3.8, 4) is 5.75 Å². The van der Waals surface area contributed by atoms with Gasteiger partial charge in [-0.05, 0) is 25.0 Å². The summed E-state index contributed by atoms with van der Waals surface area (Å²) in [5.74, 6) is 4.74. The molecule has 6 heteroatoms. The second kappa shape index (κ2) is 6.61. The first-order valence-electron chi connectivity index (χ1n) is 5.49. The average molecular weight is 251 g/mol. The molecule has 0 bridgehead atoms. The molecule has 0 saturated heterocycles. The van der Waals surface area contributed by atoms with Crippen molar-refractivity contribution in [2.45, 2.75) is 13.8 Å². The van der Waals surface area contributed by atoms with Crippen molar-refractivity contribution in [3.05, 3.63) is 29.3 Å². The number of carbonyl (C=O) groups is 2. The Labute approximate surface area is 105 Å². The van der Waals surface area contributed by atoms with Crippen LogP contribution in [0.3, 0.4) is 0 Å². The summed E-state index contributed by atoms with van der Waals surface area (Å²) in [5.41, 5.74) is 3.84. The van der Waals surface area contributed by atoms with E-state index in [9.17, 15) is 9.59 Å². The van der Waals surface area contributed by atoms with Crippen LogP contribution in [0.25, 0.3) is 0 Å². The van der Waals surface area contributed by atoms with Gasteiger partial charge in [0.15, 0.2) is 6.61 Å². The number of hydrogen-bond donors (Lipinski definition) is 3. The molecule has 0 spiro atoms. The maximum atomic E-state index is 11.4. The highest BCUT2D eigenvalue weighted by Crippen LogP contribution is 2.21. The maximum absolute atomic E-state index is 11.4. The molecule has 6 nitrogen and oxygen atoms in total. The van der Waals surface area contributed by atoms with Crippen LogP contribution in [0.15, 0.2) is 18.2 Å². The molecule has 0 aliphatic heterocycles. The molecule has 0 unspecified atom stereocenters. The second-order valence-corrected chi connectivity index (χ2v) is 3.85. The van der Waals surface area contributed by atoms with Crippen LogP contribution in [0.1, 0.15) is 11.1 Å². The van der Waals surface area contributed by atoms with E-state index in [1.165, 1.54) is 0 Å². The maximum Gasteiger partial charge on any atom is 0.258 e. The highest BCUT2D eigenvalue weighted by molar-refractivity contribution is 5.85. The fourth-order valence-electron chi connectivity index (χ4n) is 1.45. The number of hydrazine groups is 1. The summed E-state index contributed by atoms with van der Waals surface area (Å²) in [6.45, 7) is 3.51. The third-order valence-electron chi connectivity index (χ3n) is 2.36. The zero-order valence-corrected chi connectivity index (χ0v) is 10.4. The highest BCUT2D eigenvalue weighted by atomic mass is 16.5. The van der Waals surface area contributed by atoms with Gasteiger partial charge in [-0.15, -0.1) is 0 Å². The van der Waals surface area contributed by atoms with Gasteiger partial charge in [0.05, 0.1) is 6.54 Å². The number of carbonyl (C=O) groups excluding carboxylic acids is 2. The quantitative estimate of drug-likeness (QED) is 0.383. The number of aryl methyl sites for hydroxylation is 2. The molecular formula is C12H17N3O3. The lowest BCUT2D eigenvalue weighted by molar-refractivity contribution is -0.127. The molecule has 1 aromatic rings. The minimum absolute atomic E-state index is 0.135. The molecule has 0 aliphatic carbocycles. The molecule has 0 aromatic heterocycles. The Morgan fingerprint density at radius 3 is 2.39 bits per heavy atom. The zero-order chi connectivity index (χ0) is 13.5. The van der Waals surface area contributed by atoms with Crippen LogP contribution in [0.4, 0.5) is 0 Å². The summed E-state index contributed by atoms with van der Waals surface area (Å²) in [4.78, 5) is 22.2. The lowest BCUT2D eigenvalue weighted by Crippen LogP contribution is -2.41. The number of benzene rings is 1. The zero-order valence-electron chi connectivity index (χ0n) is 10.4. The van der Waals surface area contributed by atoms with Gasteiger partial charge in [0, 0.05) is 0 Å². The minimum atomic E-state index is -0.463. The van der Waals surface area contributed by atoms with Crippen molar-refractivity contribution in [2.24, 2.45) is 5.84 Å². The van der Waals surface area contributed by atoms with Crippen LogP contribution in [-0.2, 0) is 9.59 Å². The van der Waals surface area contributed by atoms with Gasteiger partial charge in [-0.1, -0.05) is 18.2 Å². The summed E-state index contributed by atoms with van der Waals surface area (Å²) in [5, 5.41) is 2.39. The van der Waals surface area contributed by atoms with Crippen LogP contribution < -0.4 is 21.3 Å². The monoisotopic (exact) mass is 251 g/mol. The Morgan fingerprint density at radius 2 is 1.83 bits per heavy atom. The first-order valence-corrected chi connectivity index (χ1v) is 5.49. The predicted octanol–water partition coefficient (Wildman–Crippen LogP) is -0.212. The summed E-state index contributed by atoms with van der Waals surface area (Å²) < 4.78 is 5.42. The minimum Gasteiger partial charge on any atom is -0.483 e. The van der Waals surface area contributed by atoms with Gasteiger partial charge in [-0.25, -0.2) is 5.84 Å². The molecule has 2 amide bonds. The van der Waals surface area contributed by atoms with Crippen molar-refractivity contribution in [3.63, 3.8) is 0 Å². The lowest BCUT2D eigenvalue weighted by atomic mass is 10.1. The van der Waals surface area contributed by atoms with E-state index in [0.29, 0.717) is 5.75 Å². The average Bonchev–Trinajstić information content (AvgIpc) is 2.35. The molecule has 1 aromatic carbocycles. The van der Waals surface area contributed by atoms with Gasteiger partial charge in [0.2, 0.25) is 0 Å². The van der Waals surface area contributed by atoms with Crippen molar-refractivity contribution in [1.82, 2.24) is 10.7 Å². The van der Waals surface area contributed by atoms with Crippen molar-refractivity contribution in [2.75, 3.05) is 13.2 Å². The molecule has 1 rings (SSSR count). The summed E-state index contributed by atoms with van der Waals surface area (Å²) in [7, 11) is 0. The summed E-state index contributed by atoms with van der Waals surface area (Å²) in [6, 6.07) is 5.73. The highest BCUT2D eigenvalue weighted by Gasteiger charge is 2.08. The first kappa shape index (κ1) is 14.0. The Kier molecular flexibility index (Phi) is 5.13. The number of amides is 2. The van der Waals surface area contributed by atoms with Gasteiger partial charge in [0.25, 0.3) is 11.8 Å². The van der Waals surface area contributed by atoms with Crippen LogP contribution in [0.2, 0.25) is 0 Å². The van der Waals surface area contributed by atoms with Crippen LogP contribution in [-0.4, -0.2) is 25.0 Å². The molecule has 0 heterocycles. The summed E-state index contributed by atoms with van der Waals surface area (Å²) in [6.07, 6.45) is 0. The van der Waals surface area contributed by atoms with Gasteiger partial charge in [-0.3, -0.25) is 15.0 Å². The van der Waals surface area contributed by atoms with E-state index in [-0.39, 0.29) is 19.1 Å². The smallest absolute Gasteiger partial charge is 0.258 e. The van der Waals surface area contributed by atoms with Gasteiger partial charge >= 0.3 is 0 Å². The largest absolute Gasteiger partial charge is 0.483 e. The number of nitrogens with one attached hydrogen (secondary N) is 2. The number of nitrogens with two attached hydrogens (primary N) is 1. The molecular weight excluding hydrogens is 234 g/mol. The van der Waals surface area contributed by atoms with Crippen LogP contribution >= 0.6 is 0 Å². The number of para-hydroxylation sites is 1. The fraction of sp³-hybridized carbons (Fsp3) is 0.333. The molecule has 98 valence electrons. The first-order chi connectivity index (χ1) is 8.54. The third kappa shape index (κ3) is 4.06. The molecule has 0 radical (unpaired) electrons. The molecule has 4 N–H and O–H groups in total. The van der Waals surface area contributed by atoms with E-state index in [1.54, 1.807) is 0 Å². The van der Waals surface area contributed by atoms with E-state index in [2.05, 4.69) is 5.32 Å². The van der Waals surface area contributed by atoms with E-state index < -0.39 is 5.91 Å². The SMILES string of the molecule is Cc1cccc(C)c1OCC(=O)NCC(=O)NN. The molecule has 18 heavy (non-hydrogen) atoms. The number of ether oxygens (including phenoxy) is 1. The van der Waals surface area contributed by atoms with E-state index in [4.69, 9.17) is 10.6 Å². The van der Waals surface area contributed by atoms with E-state index in [0.717, 1.165) is 11.1 Å². The van der Waals surface area contributed by atoms with Crippen molar-refractivity contribution < 1.29 is 14.3 Å². The number of rotatable bonds is 5. The molecule has 0 fully saturated rings. The van der Waals surface area contributed by atoms with Gasteiger partial charge < -0.3 is 10.1 Å². The second-order valence-electron chi connectivity index (χ2n) is 3.85. The normalized spacial score (nSPS) is 9.72. The van der Waals surface area contributed by atoms with Crippen molar-refractivity contribution in [1.29, 1.82) is 0 Å². The van der Waals surface area contributed by atoms with E-state index >= 15 is 0 Å². The molecule has 0 aliphatic rings. The standard InChI is InChI=1S/C12H17N3O3/c1-8-4-3-5-9(2)12(8)18-7-11(17)14-6-10(16)15-13/h3-5H,6-7,13H2,1-2H3,(H,14,17)(H,15,16). The summed E-state index contributed by atoms with van der Waals surface area (Å²) >= 11 is 0. The number of hydrogen-bond acceptors (Lipinski definition) is 4. The molecule has 0 saturated carbocycles. The predicted molar refractivity (Wildman–Crippen MR) is 66.8 cm³/mol. The third-order valence-corrected chi connectivity index (χ3v) is 2.36. The molecule has 0 atom stereocenters. The Morgan fingerprint density at radius 1 is 1.22 bits per heavy atom. The van der Waals surface area contributed by atoms with Crippen molar-refractivity contribution >= 4 is 11.8 Å². The lowest BCUT2D eigenvalue weighted by Gasteiger charge is -2.11. The van der Waals surface area contributed by atoms with Gasteiger partial charge in [-0.2, -0.15) is 0 Å². The van der Waals surface area contributed by atoms with Crippen LogP contribution in [0, 0.1) is 13.8 Å². The Bertz CT molecular complexity index is 426. The van der Waals surface area contributed by atoms with E-state index in [1.807, 2.05) is 37.5 Å². The van der Waals surface area contributed by atoms with Crippen LogP contribution in [0.5, 0.6) is 5.75 Å². The fourth-order valence-corrected chi connectivity index (χ4v) is 1.45. The Balaban J connectivity index is 2.45. The topological polar surface area (TPSA) is 93.4 Å².